The Bertz CT molecular complexity index is 237. The number of rotatable bonds is 0. The minimum atomic E-state index is 0. The van der Waals surface area contributed by atoms with Crippen molar-refractivity contribution in [1.82, 2.24) is 14.8 Å². The third-order valence-electron chi connectivity index (χ3n) is 1.85. The van der Waals surface area contributed by atoms with E-state index < -0.39 is 0 Å². The van der Waals surface area contributed by atoms with Crippen molar-refractivity contribution in [3.63, 3.8) is 0 Å². The molecule has 2 heterocycles. The van der Waals surface area contributed by atoms with E-state index in [1.165, 1.54) is 0 Å². The molecule has 1 aromatic heterocycles. The molecule has 1 unspecified atom stereocenters. The molecular weight excluding hydrogens is 199 g/mol. The first kappa shape index (κ1) is 11.7. The Morgan fingerprint density at radius 1 is 1.50 bits per heavy atom. The Kier molecular flexibility index (Phi) is 4.52. The topological polar surface area (TPSA) is 56.7 Å². The van der Waals surface area contributed by atoms with Crippen molar-refractivity contribution >= 4 is 24.8 Å². The van der Waals surface area contributed by atoms with E-state index in [0.717, 1.165) is 25.2 Å². The van der Waals surface area contributed by atoms with Crippen molar-refractivity contribution in [2.75, 3.05) is 0 Å². The summed E-state index contributed by atoms with van der Waals surface area (Å²) in [5.41, 5.74) is 5.73. The van der Waals surface area contributed by atoms with Gasteiger partial charge in [-0.3, -0.25) is 0 Å². The van der Waals surface area contributed by atoms with Crippen LogP contribution in [0.4, 0.5) is 0 Å². The van der Waals surface area contributed by atoms with Crippen LogP contribution in [0.2, 0.25) is 0 Å². The Hall–Kier alpha value is -0.320. The molecule has 12 heavy (non-hydrogen) atoms. The highest BCUT2D eigenvalue weighted by Crippen LogP contribution is 2.08. The van der Waals surface area contributed by atoms with Gasteiger partial charge in [0.15, 0.2) is 0 Å². The van der Waals surface area contributed by atoms with Gasteiger partial charge in [0.05, 0.1) is 0 Å². The molecule has 0 aliphatic carbocycles. The lowest BCUT2D eigenvalue weighted by Gasteiger charge is -2.17. The maximum Gasteiger partial charge on any atom is 0.138 e. The van der Waals surface area contributed by atoms with Crippen molar-refractivity contribution in [2.24, 2.45) is 5.73 Å². The van der Waals surface area contributed by atoms with Crippen molar-refractivity contribution in [1.29, 1.82) is 0 Å². The second-order valence-corrected chi connectivity index (χ2v) is 2.65. The molecule has 2 N–H and O–H groups in total. The largest absolute Gasteiger partial charge is 0.327 e. The van der Waals surface area contributed by atoms with E-state index in [1.807, 2.05) is 4.68 Å². The molecule has 6 heteroatoms. The van der Waals surface area contributed by atoms with Crippen LogP contribution in [-0.4, -0.2) is 20.8 Å². The second kappa shape index (κ2) is 4.64. The van der Waals surface area contributed by atoms with E-state index in [2.05, 4.69) is 10.1 Å². The van der Waals surface area contributed by atoms with Crippen LogP contribution in [-0.2, 0) is 13.0 Å². The molecule has 1 aromatic rings. The van der Waals surface area contributed by atoms with E-state index in [-0.39, 0.29) is 30.9 Å². The Balaban J connectivity index is 0.000000605. The fourth-order valence-corrected chi connectivity index (χ4v) is 1.26. The highest BCUT2D eigenvalue weighted by atomic mass is 35.5. The molecule has 1 atom stereocenters. The van der Waals surface area contributed by atoms with Gasteiger partial charge < -0.3 is 5.73 Å². The SMILES string of the molecule is Cl.Cl.NC1CCn2ncnc2C1. The van der Waals surface area contributed by atoms with Gasteiger partial charge in [0.2, 0.25) is 0 Å². The zero-order chi connectivity index (χ0) is 6.97. The maximum absolute atomic E-state index is 5.73. The predicted octanol–water partition coefficient (Wildman–Crippen LogP) is 0.395. The number of halogens is 2. The zero-order valence-electron chi connectivity index (χ0n) is 6.51. The van der Waals surface area contributed by atoms with Crippen molar-refractivity contribution in [3.8, 4) is 0 Å². The first-order valence-corrected chi connectivity index (χ1v) is 3.48. The predicted molar refractivity (Wildman–Crippen MR) is 50.8 cm³/mol. The van der Waals surface area contributed by atoms with Gasteiger partial charge in [0.1, 0.15) is 12.2 Å². The maximum atomic E-state index is 5.73. The van der Waals surface area contributed by atoms with E-state index in [9.17, 15) is 0 Å². The van der Waals surface area contributed by atoms with E-state index in [4.69, 9.17) is 5.73 Å². The van der Waals surface area contributed by atoms with Crippen LogP contribution in [0.1, 0.15) is 12.2 Å². The highest BCUT2D eigenvalue weighted by molar-refractivity contribution is 5.85. The van der Waals surface area contributed by atoms with Crippen LogP contribution in [0.3, 0.4) is 0 Å². The lowest BCUT2D eigenvalue weighted by atomic mass is 10.1. The Labute approximate surface area is 83.4 Å². The van der Waals surface area contributed by atoms with Crippen LogP contribution in [0.15, 0.2) is 6.33 Å². The van der Waals surface area contributed by atoms with Crippen LogP contribution in [0, 0.1) is 0 Å². The molecule has 0 radical (unpaired) electrons. The molecule has 0 aromatic carbocycles. The van der Waals surface area contributed by atoms with Crippen LogP contribution in [0.25, 0.3) is 0 Å². The standard InChI is InChI=1S/C6H10N4.2ClH/c7-5-1-2-10-6(3-5)8-4-9-10;;/h4-5H,1-3,7H2;2*1H. The minimum Gasteiger partial charge on any atom is -0.327 e. The first-order valence-electron chi connectivity index (χ1n) is 3.48. The van der Waals surface area contributed by atoms with Crippen molar-refractivity contribution < 1.29 is 0 Å². The van der Waals surface area contributed by atoms with Gasteiger partial charge in [-0.1, -0.05) is 0 Å². The smallest absolute Gasteiger partial charge is 0.138 e. The van der Waals surface area contributed by atoms with Crippen molar-refractivity contribution in [2.45, 2.75) is 25.4 Å². The number of hydrogen-bond donors (Lipinski definition) is 1. The fraction of sp³-hybridized carbons (Fsp3) is 0.667. The zero-order valence-corrected chi connectivity index (χ0v) is 8.14. The van der Waals surface area contributed by atoms with E-state index in [1.54, 1.807) is 6.33 Å². The van der Waals surface area contributed by atoms with E-state index in [0.29, 0.717) is 0 Å². The Morgan fingerprint density at radius 2 is 2.25 bits per heavy atom. The monoisotopic (exact) mass is 210 g/mol. The number of hydrogen-bond acceptors (Lipinski definition) is 3. The molecule has 0 fully saturated rings. The normalized spacial score (nSPS) is 20.2. The van der Waals surface area contributed by atoms with Gasteiger partial charge >= 0.3 is 0 Å². The number of nitrogens with zero attached hydrogens (tertiary/aromatic N) is 3. The molecule has 0 spiro atoms. The fourth-order valence-electron chi connectivity index (χ4n) is 1.26. The summed E-state index contributed by atoms with van der Waals surface area (Å²) in [7, 11) is 0. The van der Waals surface area contributed by atoms with Crippen molar-refractivity contribution in [3.05, 3.63) is 12.2 Å². The third kappa shape index (κ3) is 2.09. The quantitative estimate of drug-likeness (QED) is 0.675. The minimum absolute atomic E-state index is 0. The summed E-state index contributed by atoms with van der Waals surface area (Å²) in [5, 5.41) is 4.04. The van der Waals surface area contributed by atoms with Gasteiger partial charge in [0.25, 0.3) is 0 Å². The molecule has 1 aliphatic rings. The summed E-state index contributed by atoms with van der Waals surface area (Å²) in [6, 6.07) is 0.289. The summed E-state index contributed by atoms with van der Waals surface area (Å²) in [5.74, 6) is 1.03. The number of nitrogens with two attached hydrogens (primary N) is 1. The molecule has 4 nitrogen and oxygen atoms in total. The van der Waals surface area contributed by atoms with Gasteiger partial charge in [-0.15, -0.1) is 24.8 Å². The molecule has 70 valence electrons. The van der Waals surface area contributed by atoms with Crippen LogP contribution in [0.5, 0.6) is 0 Å². The molecule has 0 saturated carbocycles. The molecule has 2 rings (SSSR count). The molecule has 0 saturated heterocycles. The lowest BCUT2D eigenvalue weighted by molar-refractivity contribution is 0.432. The van der Waals surface area contributed by atoms with Gasteiger partial charge in [-0.2, -0.15) is 5.10 Å². The summed E-state index contributed by atoms with van der Waals surface area (Å²) in [6.07, 6.45) is 3.49. The lowest BCUT2D eigenvalue weighted by Crippen LogP contribution is -2.31. The number of aryl methyl sites for hydroxylation is 1. The van der Waals surface area contributed by atoms with Crippen LogP contribution < -0.4 is 5.73 Å². The van der Waals surface area contributed by atoms with E-state index >= 15 is 0 Å². The molecule has 0 amide bonds. The highest BCUT2D eigenvalue weighted by Gasteiger charge is 2.15. The summed E-state index contributed by atoms with van der Waals surface area (Å²) >= 11 is 0. The summed E-state index contributed by atoms with van der Waals surface area (Å²) in [4.78, 5) is 4.08. The summed E-state index contributed by atoms with van der Waals surface area (Å²) in [6.45, 7) is 0.927. The summed E-state index contributed by atoms with van der Waals surface area (Å²) < 4.78 is 1.92. The van der Waals surface area contributed by atoms with Crippen LogP contribution >= 0.6 is 24.8 Å². The first-order chi connectivity index (χ1) is 4.86. The molecule has 0 bridgehead atoms. The van der Waals surface area contributed by atoms with Gasteiger partial charge in [-0.25, -0.2) is 9.67 Å². The Morgan fingerprint density at radius 3 is 3.00 bits per heavy atom. The van der Waals surface area contributed by atoms with Gasteiger partial charge in [0, 0.05) is 19.0 Å². The number of aromatic nitrogens is 3. The molecular formula is C6H12Cl2N4. The molecule has 1 aliphatic heterocycles. The van der Waals surface area contributed by atoms with Gasteiger partial charge in [-0.05, 0) is 6.42 Å². The third-order valence-corrected chi connectivity index (χ3v) is 1.85. The average Bonchev–Trinajstić information content (AvgIpc) is 2.33. The number of fused-ring (bicyclic) bond motifs is 1. The average molecular weight is 211 g/mol. The second-order valence-electron chi connectivity index (χ2n) is 2.65.